The Bertz CT molecular complexity index is 1330. The van der Waals surface area contributed by atoms with E-state index in [0.717, 1.165) is 5.69 Å². The van der Waals surface area contributed by atoms with Crippen LogP contribution in [0.5, 0.6) is 0 Å². The smallest absolute Gasteiger partial charge is 0.265 e. The van der Waals surface area contributed by atoms with Gasteiger partial charge in [0.05, 0.1) is 17.9 Å². The molecule has 0 saturated heterocycles. The number of aromatic nitrogens is 4. The molecule has 2 aromatic heterocycles. The van der Waals surface area contributed by atoms with E-state index in [1.165, 1.54) is 34.8 Å². The van der Waals surface area contributed by atoms with Crippen molar-refractivity contribution in [3.63, 3.8) is 0 Å². The lowest BCUT2D eigenvalue weighted by Gasteiger charge is -2.20. The second-order valence-electron chi connectivity index (χ2n) is 7.30. The number of anilines is 1. The molecule has 9 heteroatoms. The summed E-state index contributed by atoms with van der Waals surface area (Å²) in [5.74, 6) is 0.170. The molecule has 0 N–H and O–H groups in total. The molecule has 4 aromatic rings. The molecule has 3 heterocycles. The molecule has 0 saturated carbocycles. The molecule has 5 rings (SSSR count). The first-order chi connectivity index (χ1) is 15.0. The van der Waals surface area contributed by atoms with E-state index < -0.39 is 0 Å². The Morgan fingerprint density at radius 1 is 1.19 bits per heavy atom. The molecule has 1 atom stereocenters. The summed E-state index contributed by atoms with van der Waals surface area (Å²) in [5, 5.41) is 5.21. The zero-order valence-corrected chi connectivity index (χ0v) is 17.4. The highest BCUT2D eigenvalue weighted by atomic mass is 32.2. The van der Waals surface area contributed by atoms with Crippen LogP contribution in [0.15, 0.2) is 70.7 Å². The van der Waals surface area contributed by atoms with Crippen molar-refractivity contribution in [3.8, 4) is 5.69 Å². The summed E-state index contributed by atoms with van der Waals surface area (Å²) in [7, 11) is 1.73. The van der Waals surface area contributed by atoms with Crippen LogP contribution in [0.4, 0.5) is 10.1 Å². The van der Waals surface area contributed by atoms with Crippen LogP contribution in [0, 0.1) is 5.82 Å². The van der Waals surface area contributed by atoms with Crippen molar-refractivity contribution in [3.05, 3.63) is 77.0 Å². The third kappa shape index (κ3) is 3.40. The minimum absolute atomic E-state index is 0.0707. The van der Waals surface area contributed by atoms with Crippen LogP contribution in [0.1, 0.15) is 12.5 Å². The summed E-state index contributed by atoms with van der Waals surface area (Å²) < 4.78 is 16.4. The number of carbonyl (C=O) groups excluding carboxylic acids is 1. The van der Waals surface area contributed by atoms with E-state index in [9.17, 15) is 14.0 Å². The maximum absolute atomic E-state index is 13.3. The average Bonchev–Trinajstić information content (AvgIpc) is 3.39. The van der Waals surface area contributed by atoms with Crippen molar-refractivity contribution >= 4 is 34.4 Å². The lowest BCUT2D eigenvalue weighted by atomic mass is 10.2. The van der Waals surface area contributed by atoms with E-state index in [1.807, 2.05) is 30.3 Å². The van der Waals surface area contributed by atoms with Crippen LogP contribution in [0.3, 0.4) is 0 Å². The fourth-order valence-electron chi connectivity index (χ4n) is 3.69. The van der Waals surface area contributed by atoms with Crippen LogP contribution in [0.2, 0.25) is 0 Å². The number of carbonyl (C=O) groups is 1. The van der Waals surface area contributed by atoms with Crippen molar-refractivity contribution in [1.82, 2.24) is 19.3 Å². The highest BCUT2D eigenvalue weighted by Gasteiger charge is 2.30. The predicted molar refractivity (Wildman–Crippen MR) is 117 cm³/mol. The number of thioether (sulfide) groups is 1. The molecular weight excluding hydrogens is 417 g/mol. The molecular formula is C22H18FN5O2S. The van der Waals surface area contributed by atoms with Crippen LogP contribution in [-0.2, 0) is 4.79 Å². The van der Waals surface area contributed by atoms with Gasteiger partial charge in [-0.15, -0.1) is 0 Å². The molecule has 0 spiro atoms. The Morgan fingerprint density at radius 3 is 2.68 bits per heavy atom. The van der Waals surface area contributed by atoms with Gasteiger partial charge in [-0.25, -0.2) is 14.1 Å². The molecule has 31 heavy (non-hydrogen) atoms. The van der Waals surface area contributed by atoms with Crippen molar-refractivity contribution in [2.45, 2.75) is 17.6 Å². The van der Waals surface area contributed by atoms with Gasteiger partial charge in [0.2, 0.25) is 5.91 Å². The number of hydrogen-bond donors (Lipinski definition) is 0. The van der Waals surface area contributed by atoms with Gasteiger partial charge in [-0.2, -0.15) is 5.10 Å². The minimum atomic E-state index is -0.349. The lowest BCUT2D eigenvalue weighted by Crippen LogP contribution is -2.32. The Hall–Kier alpha value is -3.46. The monoisotopic (exact) mass is 435 g/mol. The Balaban J connectivity index is 1.47. The van der Waals surface area contributed by atoms with Gasteiger partial charge in [0.25, 0.3) is 5.56 Å². The molecule has 1 aliphatic heterocycles. The first kappa shape index (κ1) is 19.5. The summed E-state index contributed by atoms with van der Waals surface area (Å²) in [6, 6.07) is 15.0. The molecule has 0 aliphatic carbocycles. The topological polar surface area (TPSA) is 73.0 Å². The number of halogens is 1. The normalized spacial score (nSPS) is 15.2. The number of para-hydroxylation sites is 1. The summed E-state index contributed by atoms with van der Waals surface area (Å²) in [6.45, 7) is 0. The number of amides is 1. The van der Waals surface area contributed by atoms with E-state index in [-0.39, 0.29) is 29.7 Å². The second kappa shape index (κ2) is 7.66. The summed E-state index contributed by atoms with van der Waals surface area (Å²) in [5.41, 5.74) is 1.62. The van der Waals surface area contributed by atoms with E-state index in [1.54, 1.807) is 28.6 Å². The largest absolute Gasteiger partial charge is 0.315 e. The van der Waals surface area contributed by atoms with Gasteiger partial charge in [0, 0.05) is 24.9 Å². The third-order valence-corrected chi connectivity index (χ3v) is 6.47. The zero-order chi connectivity index (χ0) is 21.5. The van der Waals surface area contributed by atoms with Gasteiger partial charge in [0.15, 0.2) is 10.8 Å². The SMILES string of the molecule is CN(C(=O)CC1CSc2nc3c(cnn3-c3ccc(F)cc3)c(=O)n21)c1ccccc1. The Kier molecular flexibility index (Phi) is 4.82. The molecule has 1 aliphatic rings. The maximum Gasteiger partial charge on any atom is 0.265 e. The van der Waals surface area contributed by atoms with E-state index in [0.29, 0.717) is 27.6 Å². The molecule has 7 nitrogen and oxygen atoms in total. The molecule has 156 valence electrons. The number of rotatable bonds is 4. The van der Waals surface area contributed by atoms with Gasteiger partial charge < -0.3 is 4.90 Å². The maximum atomic E-state index is 13.3. The summed E-state index contributed by atoms with van der Waals surface area (Å²) >= 11 is 1.44. The van der Waals surface area contributed by atoms with Crippen molar-refractivity contribution in [2.75, 3.05) is 17.7 Å². The van der Waals surface area contributed by atoms with Crippen molar-refractivity contribution in [2.24, 2.45) is 0 Å². The first-order valence-corrected chi connectivity index (χ1v) is 10.7. The van der Waals surface area contributed by atoms with Gasteiger partial charge in [-0.3, -0.25) is 14.2 Å². The molecule has 1 amide bonds. The van der Waals surface area contributed by atoms with Gasteiger partial charge in [-0.05, 0) is 36.4 Å². The van der Waals surface area contributed by atoms with Gasteiger partial charge >= 0.3 is 0 Å². The Labute approximate surface area is 181 Å². The van der Waals surface area contributed by atoms with E-state index in [4.69, 9.17) is 0 Å². The van der Waals surface area contributed by atoms with E-state index in [2.05, 4.69) is 10.1 Å². The average molecular weight is 435 g/mol. The number of fused-ring (bicyclic) bond motifs is 2. The first-order valence-electron chi connectivity index (χ1n) is 9.73. The molecule has 1 unspecified atom stereocenters. The molecule has 0 radical (unpaired) electrons. The van der Waals surface area contributed by atoms with Crippen LogP contribution >= 0.6 is 11.8 Å². The third-order valence-electron chi connectivity index (χ3n) is 5.37. The van der Waals surface area contributed by atoms with Crippen LogP contribution in [0.25, 0.3) is 16.7 Å². The van der Waals surface area contributed by atoms with Crippen molar-refractivity contribution < 1.29 is 9.18 Å². The summed E-state index contributed by atoms with van der Waals surface area (Å²) in [6.07, 6.45) is 1.67. The highest BCUT2D eigenvalue weighted by Crippen LogP contribution is 2.34. The zero-order valence-electron chi connectivity index (χ0n) is 16.6. The van der Waals surface area contributed by atoms with Crippen molar-refractivity contribution in [1.29, 1.82) is 0 Å². The number of nitrogens with zero attached hydrogens (tertiary/aromatic N) is 5. The standard InChI is InChI=1S/C22H18FN5O2S/c1-26(15-5-3-2-4-6-15)19(29)11-17-13-31-22-25-20-18(21(30)27(17)22)12-24-28(20)16-9-7-14(23)8-10-16/h2-10,12,17H,11,13H2,1H3. The quantitative estimate of drug-likeness (QED) is 0.459. The molecule has 0 fully saturated rings. The van der Waals surface area contributed by atoms with Gasteiger partial charge in [0.1, 0.15) is 11.2 Å². The number of benzene rings is 2. The number of hydrogen-bond acceptors (Lipinski definition) is 5. The fraction of sp³-hybridized carbons (Fsp3) is 0.182. The second-order valence-corrected chi connectivity index (χ2v) is 8.28. The predicted octanol–water partition coefficient (Wildman–Crippen LogP) is 3.42. The van der Waals surface area contributed by atoms with Crippen LogP contribution in [-0.4, -0.2) is 38.0 Å². The van der Waals surface area contributed by atoms with Crippen LogP contribution < -0.4 is 10.5 Å². The molecule has 0 bridgehead atoms. The molecule has 2 aromatic carbocycles. The minimum Gasteiger partial charge on any atom is -0.315 e. The Morgan fingerprint density at radius 2 is 1.94 bits per heavy atom. The van der Waals surface area contributed by atoms with Gasteiger partial charge in [-0.1, -0.05) is 30.0 Å². The van der Waals surface area contributed by atoms with E-state index >= 15 is 0 Å². The lowest BCUT2D eigenvalue weighted by molar-refractivity contribution is -0.119. The fourth-order valence-corrected chi connectivity index (χ4v) is 4.82. The highest BCUT2D eigenvalue weighted by molar-refractivity contribution is 7.99. The summed E-state index contributed by atoms with van der Waals surface area (Å²) in [4.78, 5) is 32.3.